The molecule has 16 heavy (non-hydrogen) atoms. The van der Waals surface area contributed by atoms with Gasteiger partial charge in [0, 0.05) is 5.02 Å². The normalized spacial score (nSPS) is 10.4. The van der Waals surface area contributed by atoms with E-state index in [0.717, 1.165) is 6.07 Å². The van der Waals surface area contributed by atoms with Crippen LogP contribution in [0.1, 0.15) is 21.7 Å². The summed E-state index contributed by atoms with van der Waals surface area (Å²) in [4.78, 5) is 11.9. The molecule has 0 N–H and O–H groups in total. The summed E-state index contributed by atoms with van der Waals surface area (Å²) in [6.07, 6.45) is 1.40. The van der Waals surface area contributed by atoms with Crippen molar-refractivity contribution in [3.05, 3.63) is 58.3 Å². The summed E-state index contributed by atoms with van der Waals surface area (Å²) in [5.41, 5.74) is 0.357. The van der Waals surface area contributed by atoms with E-state index in [1.807, 2.05) is 0 Å². The van der Waals surface area contributed by atoms with E-state index in [1.54, 1.807) is 6.92 Å². The second-order valence-corrected chi connectivity index (χ2v) is 3.78. The summed E-state index contributed by atoms with van der Waals surface area (Å²) in [6.45, 7) is 1.65. The summed E-state index contributed by atoms with van der Waals surface area (Å²) < 4.78 is 18.5. The number of rotatable bonds is 2. The van der Waals surface area contributed by atoms with Crippen molar-refractivity contribution >= 4 is 17.4 Å². The highest BCUT2D eigenvalue weighted by Gasteiger charge is 2.17. The van der Waals surface area contributed by atoms with E-state index in [2.05, 4.69) is 0 Å². The number of carbonyl (C=O) groups excluding carboxylic acids is 1. The SMILES string of the molecule is Cc1occc1C(=O)c1ccc(Cl)cc1F. The van der Waals surface area contributed by atoms with Gasteiger partial charge >= 0.3 is 0 Å². The molecule has 0 bridgehead atoms. The molecule has 0 aliphatic heterocycles. The van der Waals surface area contributed by atoms with Crippen LogP contribution in [0.2, 0.25) is 5.02 Å². The lowest BCUT2D eigenvalue weighted by Gasteiger charge is -2.01. The Morgan fingerprint density at radius 2 is 2.06 bits per heavy atom. The van der Waals surface area contributed by atoms with Crippen LogP contribution in [-0.2, 0) is 0 Å². The molecule has 0 amide bonds. The Morgan fingerprint density at radius 3 is 2.62 bits per heavy atom. The van der Waals surface area contributed by atoms with E-state index >= 15 is 0 Å². The van der Waals surface area contributed by atoms with Crippen LogP contribution in [0.3, 0.4) is 0 Å². The zero-order valence-electron chi connectivity index (χ0n) is 8.46. The maximum absolute atomic E-state index is 13.5. The number of halogens is 2. The first-order chi connectivity index (χ1) is 7.59. The Kier molecular flexibility index (Phi) is 2.79. The van der Waals surface area contributed by atoms with Gasteiger partial charge < -0.3 is 4.42 Å². The molecule has 0 fully saturated rings. The molecule has 1 aromatic carbocycles. The zero-order chi connectivity index (χ0) is 11.7. The van der Waals surface area contributed by atoms with Crippen molar-refractivity contribution in [2.24, 2.45) is 0 Å². The fraction of sp³-hybridized carbons (Fsp3) is 0.0833. The topological polar surface area (TPSA) is 30.2 Å². The molecule has 0 saturated heterocycles. The molecule has 2 nitrogen and oxygen atoms in total. The molecular formula is C12H8ClFO2. The fourth-order valence-electron chi connectivity index (χ4n) is 1.44. The lowest BCUT2D eigenvalue weighted by atomic mass is 10.0. The van der Waals surface area contributed by atoms with E-state index in [9.17, 15) is 9.18 Å². The van der Waals surface area contributed by atoms with Gasteiger partial charge in [0.05, 0.1) is 17.4 Å². The third kappa shape index (κ3) is 1.86. The molecule has 2 aromatic rings. The molecule has 1 aromatic heterocycles. The fourth-order valence-corrected chi connectivity index (χ4v) is 1.60. The van der Waals surface area contributed by atoms with Crippen LogP contribution in [0, 0.1) is 12.7 Å². The first-order valence-electron chi connectivity index (χ1n) is 4.63. The van der Waals surface area contributed by atoms with E-state index in [1.165, 1.54) is 24.5 Å². The largest absolute Gasteiger partial charge is 0.469 e. The van der Waals surface area contributed by atoms with Crippen LogP contribution in [0.25, 0.3) is 0 Å². The Balaban J connectivity index is 2.46. The standard InChI is InChI=1S/C12H8ClFO2/c1-7-9(4-5-16-7)12(15)10-3-2-8(13)6-11(10)14/h2-6H,1H3. The van der Waals surface area contributed by atoms with Crippen LogP contribution < -0.4 is 0 Å². The molecule has 0 unspecified atom stereocenters. The third-order valence-electron chi connectivity index (χ3n) is 2.28. The minimum absolute atomic E-state index is 0.00565. The second kappa shape index (κ2) is 4.10. The Bertz CT molecular complexity index is 546. The minimum Gasteiger partial charge on any atom is -0.469 e. The summed E-state index contributed by atoms with van der Waals surface area (Å²) in [5, 5.41) is 0.262. The number of aryl methyl sites for hydroxylation is 1. The molecule has 82 valence electrons. The summed E-state index contributed by atoms with van der Waals surface area (Å²) in [7, 11) is 0. The highest BCUT2D eigenvalue weighted by atomic mass is 35.5. The second-order valence-electron chi connectivity index (χ2n) is 3.34. The number of ketones is 1. The predicted molar refractivity (Wildman–Crippen MR) is 58.3 cm³/mol. The van der Waals surface area contributed by atoms with Gasteiger partial charge in [-0.1, -0.05) is 11.6 Å². The zero-order valence-corrected chi connectivity index (χ0v) is 9.22. The highest BCUT2D eigenvalue weighted by molar-refractivity contribution is 6.30. The molecule has 4 heteroatoms. The summed E-state index contributed by atoms with van der Waals surface area (Å²) in [5.74, 6) is -0.558. The van der Waals surface area contributed by atoms with E-state index in [-0.39, 0.29) is 10.6 Å². The lowest BCUT2D eigenvalue weighted by molar-refractivity contribution is 0.103. The van der Waals surface area contributed by atoms with Gasteiger partial charge in [-0.3, -0.25) is 4.79 Å². The van der Waals surface area contributed by atoms with E-state index < -0.39 is 11.6 Å². The number of benzene rings is 1. The van der Waals surface area contributed by atoms with Crippen molar-refractivity contribution < 1.29 is 13.6 Å². The first kappa shape index (κ1) is 10.9. The molecule has 0 atom stereocenters. The Hall–Kier alpha value is -1.61. The van der Waals surface area contributed by atoms with Gasteiger partial charge in [0.15, 0.2) is 5.78 Å². The van der Waals surface area contributed by atoms with Crippen molar-refractivity contribution in [1.29, 1.82) is 0 Å². The number of furan rings is 1. The van der Waals surface area contributed by atoms with Gasteiger partial charge in [-0.05, 0) is 31.2 Å². The number of carbonyl (C=O) groups is 1. The summed E-state index contributed by atoms with van der Waals surface area (Å²) in [6, 6.07) is 5.48. The van der Waals surface area contributed by atoms with Crippen LogP contribution in [-0.4, -0.2) is 5.78 Å². The maximum Gasteiger partial charge on any atom is 0.199 e. The maximum atomic E-state index is 13.5. The van der Waals surface area contributed by atoms with Crippen LogP contribution >= 0.6 is 11.6 Å². The molecule has 0 spiro atoms. The average molecular weight is 239 g/mol. The summed E-state index contributed by atoms with van der Waals surface area (Å²) >= 11 is 5.61. The van der Waals surface area contributed by atoms with E-state index in [4.69, 9.17) is 16.0 Å². The van der Waals surface area contributed by atoms with Crippen LogP contribution in [0.15, 0.2) is 34.9 Å². The highest BCUT2D eigenvalue weighted by Crippen LogP contribution is 2.20. The van der Waals surface area contributed by atoms with Gasteiger partial charge in [-0.2, -0.15) is 0 Å². The first-order valence-corrected chi connectivity index (χ1v) is 5.01. The number of hydrogen-bond acceptors (Lipinski definition) is 2. The third-order valence-corrected chi connectivity index (χ3v) is 2.51. The van der Waals surface area contributed by atoms with Gasteiger partial charge in [0.1, 0.15) is 11.6 Å². The van der Waals surface area contributed by atoms with Crippen molar-refractivity contribution in [2.45, 2.75) is 6.92 Å². The molecule has 0 aliphatic rings. The van der Waals surface area contributed by atoms with Gasteiger partial charge in [-0.25, -0.2) is 4.39 Å². The molecule has 0 radical (unpaired) electrons. The number of hydrogen-bond donors (Lipinski definition) is 0. The molecule has 0 saturated carbocycles. The molecule has 1 heterocycles. The lowest BCUT2D eigenvalue weighted by Crippen LogP contribution is -2.04. The van der Waals surface area contributed by atoms with Crippen LogP contribution in [0.4, 0.5) is 4.39 Å². The Morgan fingerprint density at radius 1 is 1.31 bits per heavy atom. The van der Waals surface area contributed by atoms with Crippen molar-refractivity contribution in [2.75, 3.05) is 0 Å². The monoisotopic (exact) mass is 238 g/mol. The molecule has 2 rings (SSSR count). The minimum atomic E-state index is -0.627. The van der Waals surface area contributed by atoms with Gasteiger partial charge in [-0.15, -0.1) is 0 Å². The van der Waals surface area contributed by atoms with Gasteiger partial charge in [0.25, 0.3) is 0 Å². The quantitative estimate of drug-likeness (QED) is 0.748. The molecular weight excluding hydrogens is 231 g/mol. The Labute approximate surface area is 96.6 Å². The van der Waals surface area contributed by atoms with E-state index in [0.29, 0.717) is 11.3 Å². The van der Waals surface area contributed by atoms with Crippen molar-refractivity contribution in [1.82, 2.24) is 0 Å². The average Bonchev–Trinajstić information content (AvgIpc) is 2.63. The molecule has 0 aliphatic carbocycles. The smallest absolute Gasteiger partial charge is 0.199 e. The predicted octanol–water partition coefficient (Wildman–Crippen LogP) is 3.61. The van der Waals surface area contributed by atoms with Gasteiger partial charge in [0.2, 0.25) is 0 Å². The van der Waals surface area contributed by atoms with Crippen LogP contribution in [0.5, 0.6) is 0 Å². The van der Waals surface area contributed by atoms with Crippen molar-refractivity contribution in [3.8, 4) is 0 Å². The van der Waals surface area contributed by atoms with Crippen molar-refractivity contribution in [3.63, 3.8) is 0 Å².